The van der Waals surface area contributed by atoms with Crippen LogP contribution in [0.2, 0.25) is 5.02 Å². The average Bonchev–Trinajstić information content (AvgIpc) is 2.54. The summed E-state index contributed by atoms with van der Waals surface area (Å²) in [4.78, 5) is 29.7. The van der Waals surface area contributed by atoms with E-state index in [0.717, 1.165) is 19.5 Å². The van der Waals surface area contributed by atoms with Crippen LogP contribution < -0.4 is 15.2 Å². The van der Waals surface area contributed by atoms with E-state index in [1.807, 2.05) is 13.8 Å². The zero-order chi connectivity index (χ0) is 19.6. The second-order valence-electron chi connectivity index (χ2n) is 6.48. The van der Waals surface area contributed by atoms with E-state index in [9.17, 15) is 9.59 Å². The first kappa shape index (κ1) is 19.0. The topological polar surface area (TPSA) is 94.8 Å². The fraction of sp³-hybridized carbons (Fsp3) is 0.316. The number of primary amides is 1. The van der Waals surface area contributed by atoms with Crippen LogP contribution in [-0.4, -0.2) is 40.9 Å². The van der Waals surface area contributed by atoms with Crippen LogP contribution in [0, 0.1) is 0 Å². The maximum Gasteiger partial charge on any atom is 0.255 e. The number of aromatic nitrogens is 1. The minimum absolute atomic E-state index is 0.0884. The van der Waals surface area contributed by atoms with Crippen molar-refractivity contribution in [2.24, 2.45) is 5.73 Å². The van der Waals surface area contributed by atoms with E-state index in [4.69, 9.17) is 26.8 Å². The summed E-state index contributed by atoms with van der Waals surface area (Å²) in [6.07, 6.45) is 2.34. The lowest BCUT2D eigenvalue weighted by atomic mass is 10.1. The molecule has 1 aromatic heterocycles. The van der Waals surface area contributed by atoms with E-state index in [1.165, 1.54) is 18.3 Å². The molecule has 0 atom stereocenters. The number of rotatable bonds is 6. The predicted octanol–water partition coefficient (Wildman–Crippen LogP) is 3.26. The first-order valence-electron chi connectivity index (χ1n) is 8.57. The Bertz CT molecular complexity index is 881. The number of carbonyl (C=O) groups excluding carboxylic acids is 2. The lowest BCUT2D eigenvalue weighted by molar-refractivity contribution is 0.0651. The number of benzene rings is 1. The Kier molecular flexibility index (Phi) is 5.51. The summed E-state index contributed by atoms with van der Waals surface area (Å²) in [5.41, 5.74) is 6.02. The van der Waals surface area contributed by atoms with Crippen molar-refractivity contribution in [2.45, 2.75) is 26.4 Å². The number of carbonyl (C=O) groups is 2. The Labute approximate surface area is 162 Å². The summed E-state index contributed by atoms with van der Waals surface area (Å²) in [5.74, 6) is 0.151. The molecule has 0 bridgehead atoms. The van der Waals surface area contributed by atoms with E-state index in [0.29, 0.717) is 17.1 Å². The van der Waals surface area contributed by atoms with Crippen molar-refractivity contribution in [1.82, 2.24) is 9.88 Å². The highest BCUT2D eigenvalue weighted by molar-refractivity contribution is 6.32. The summed E-state index contributed by atoms with van der Waals surface area (Å²) < 4.78 is 11.3. The van der Waals surface area contributed by atoms with Crippen molar-refractivity contribution < 1.29 is 19.1 Å². The molecule has 142 valence electrons. The van der Waals surface area contributed by atoms with Crippen molar-refractivity contribution in [3.8, 4) is 17.4 Å². The van der Waals surface area contributed by atoms with Gasteiger partial charge in [0.2, 0.25) is 11.8 Å². The highest BCUT2D eigenvalue weighted by Crippen LogP contribution is 2.31. The zero-order valence-electron chi connectivity index (χ0n) is 15.1. The Morgan fingerprint density at radius 1 is 1.15 bits per heavy atom. The van der Waals surface area contributed by atoms with Crippen molar-refractivity contribution >= 4 is 23.4 Å². The Morgan fingerprint density at radius 3 is 2.41 bits per heavy atom. The van der Waals surface area contributed by atoms with E-state index < -0.39 is 5.91 Å². The van der Waals surface area contributed by atoms with Gasteiger partial charge in [0.25, 0.3) is 5.91 Å². The molecule has 1 aromatic carbocycles. The SMILES string of the molecule is CC(C)Oc1cc(Oc2ncc(C(=O)N3CCC3)cc2Cl)cc(C(N)=O)c1. The van der Waals surface area contributed by atoms with Crippen molar-refractivity contribution in [3.05, 3.63) is 46.6 Å². The molecular formula is C19H20ClN3O4. The van der Waals surface area contributed by atoms with Gasteiger partial charge in [0, 0.05) is 30.9 Å². The second-order valence-corrected chi connectivity index (χ2v) is 6.89. The number of nitrogens with zero attached hydrogens (tertiary/aromatic N) is 2. The molecule has 0 aliphatic carbocycles. The summed E-state index contributed by atoms with van der Waals surface area (Å²) in [7, 11) is 0. The van der Waals surface area contributed by atoms with Gasteiger partial charge in [-0.3, -0.25) is 9.59 Å². The van der Waals surface area contributed by atoms with E-state index in [-0.39, 0.29) is 28.5 Å². The van der Waals surface area contributed by atoms with Crippen molar-refractivity contribution in [3.63, 3.8) is 0 Å². The van der Waals surface area contributed by atoms with Gasteiger partial charge < -0.3 is 20.1 Å². The fourth-order valence-corrected chi connectivity index (χ4v) is 2.75. The number of hydrogen-bond acceptors (Lipinski definition) is 5. The predicted molar refractivity (Wildman–Crippen MR) is 101 cm³/mol. The highest BCUT2D eigenvalue weighted by atomic mass is 35.5. The molecule has 2 aromatic rings. The number of ether oxygens (including phenoxy) is 2. The number of hydrogen-bond donors (Lipinski definition) is 1. The number of pyridine rings is 1. The van der Waals surface area contributed by atoms with Crippen LogP contribution in [0.15, 0.2) is 30.5 Å². The van der Waals surface area contributed by atoms with Crippen LogP contribution >= 0.6 is 11.6 Å². The summed E-state index contributed by atoms with van der Waals surface area (Å²) in [6, 6.07) is 6.16. The molecule has 0 unspecified atom stereocenters. The molecule has 1 aliphatic rings. The van der Waals surface area contributed by atoms with Gasteiger partial charge >= 0.3 is 0 Å². The van der Waals surface area contributed by atoms with Crippen LogP contribution in [0.1, 0.15) is 41.0 Å². The van der Waals surface area contributed by atoms with Gasteiger partial charge in [0.1, 0.15) is 16.5 Å². The maximum absolute atomic E-state index is 12.2. The molecule has 1 saturated heterocycles. The third kappa shape index (κ3) is 4.49. The van der Waals surface area contributed by atoms with Gasteiger partial charge in [-0.05, 0) is 38.5 Å². The maximum atomic E-state index is 12.2. The largest absolute Gasteiger partial charge is 0.491 e. The summed E-state index contributed by atoms with van der Waals surface area (Å²) >= 11 is 6.23. The van der Waals surface area contributed by atoms with E-state index in [2.05, 4.69) is 4.98 Å². The fourth-order valence-electron chi connectivity index (χ4n) is 2.54. The first-order chi connectivity index (χ1) is 12.8. The van der Waals surface area contributed by atoms with E-state index >= 15 is 0 Å². The smallest absolute Gasteiger partial charge is 0.255 e. The Hall–Kier alpha value is -2.80. The van der Waals surface area contributed by atoms with Gasteiger partial charge in [0.05, 0.1) is 11.7 Å². The van der Waals surface area contributed by atoms with Gasteiger partial charge in [-0.25, -0.2) is 4.98 Å². The summed E-state index contributed by atoms with van der Waals surface area (Å²) in [5, 5.41) is 0.192. The lowest BCUT2D eigenvalue weighted by Gasteiger charge is -2.30. The lowest BCUT2D eigenvalue weighted by Crippen LogP contribution is -2.42. The molecular weight excluding hydrogens is 370 g/mol. The van der Waals surface area contributed by atoms with Crippen LogP contribution in [0.4, 0.5) is 0 Å². The van der Waals surface area contributed by atoms with Gasteiger partial charge in [0.15, 0.2) is 0 Å². The monoisotopic (exact) mass is 389 g/mol. The highest BCUT2D eigenvalue weighted by Gasteiger charge is 2.23. The molecule has 0 radical (unpaired) electrons. The number of amides is 2. The summed E-state index contributed by atoms with van der Waals surface area (Å²) in [6.45, 7) is 5.22. The molecule has 27 heavy (non-hydrogen) atoms. The third-order valence-corrected chi connectivity index (χ3v) is 4.22. The van der Waals surface area contributed by atoms with E-state index in [1.54, 1.807) is 17.0 Å². The molecule has 2 N–H and O–H groups in total. The molecule has 2 heterocycles. The molecule has 3 rings (SSSR count). The molecule has 0 spiro atoms. The van der Waals surface area contributed by atoms with Crippen molar-refractivity contribution in [1.29, 1.82) is 0 Å². The van der Waals surface area contributed by atoms with Crippen LogP contribution in [0.25, 0.3) is 0 Å². The zero-order valence-corrected chi connectivity index (χ0v) is 15.8. The van der Waals surface area contributed by atoms with Crippen molar-refractivity contribution in [2.75, 3.05) is 13.1 Å². The number of nitrogens with two attached hydrogens (primary N) is 1. The van der Waals surface area contributed by atoms with Crippen LogP contribution in [0.3, 0.4) is 0 Å². The normalized spacial score (nSPS) is 13.3. The molecule has 1 fully saturated rings. The molecule has 7 nitrogen and oxygen atoms in total. The standard InChI is InChI=1S/C19H20ClN3O4/c1-11(2)26-14-6-12(17(21)24)7-15(9-14)27-18-16(20)8-13(10-22-18)19(25)23-4-3-5-23/h6-11H,3-5H2,1-2H3,(H2,21,24). The second kappa shape index (κ2) is 7.84. The van der Waals surface area contributed by atoms with Gasteiger partial charge in [-0.15, -0.1) is 0 Å². The Morgan fingerprint density at radius 2 is 1.85 bits per heavy atom. The minimum Gasteiger partial charge on any atom is -0.491 e. The molecule has 1 aliphatic heterocycles. The van der Waals surface area contributed by atoms with Crippen LogP contribution in [0.5, 0.6) is 17.4 Å². The van der Waals surface area contributed by atoms with Crippen LogP contribution in [-0.2, 0) is 0 Å². The number of likely N-dealkylation sites (tertiary alicyclic amines) is 1. The minimum atomic E-state index is -0.608. The quantitative estimate of drug-likeness (QED) is 0.818. The number of halogens is 1. The third-order valence-electron chi connectivity index (χ3n) is 3.95. The van der Waals surface area contributed by atoms with Gasteiger partial charge in [-0.2, -0.15) is 0 Å². The molecule has 8 heteroatoms. The average molecular weight is 390 g/mol. The Balaban J connectivity index is 1.84. The first-order valence-corrected chi connectivity index (χ1v) is 8.95. The molecule has 0 saturated carbocycles. The van der Waals surface area contributed by atoms with Gasteiger partial charge in [-0.1, -0.05) is 11.6 Å². The molecule has 2 amide bonds.